The van der Waals surface area contributed by atoms with Gasteiger partial charge in [0, 0.05) is 19.6 Å². The van der Waals surface area contributed by atoms with Crippen molar-refractivity contribution in [1.29, 1.82) is 0 Å². The summed E-state index contributed by atoms with van der Waals surface area (Å²) in [6.45, 7) is 1.19. The van der Waals surface area contributed by atoms with Crippen LogP contribution in [-0.4, -0.2) is 44.7 Å². The molecule has 18 heavy (non-hydrogen) atoms. The van der Waals surface area contributed by atoms with Gasteiger partial charge in [-0.05, 0) is 24.3 Å². The highest BCUT2D eigenvalue weighted by Gasteiger charge is 2.22. The van der Waals surface area contributed by atoms with Gasteiger partial charge in [-0.1, -0.05) is 0 Å². The monoisotopic (exact) mass is 272 g/mol. The molecule has 1 saturated heterocycles. The van der Waals surface area contributed by atoms with E-state index in [0.29, 0.717) is 13.1 Å². The molecule has 1 heterocycles. The average Bonchev–Trinajstić information content (AvgIpc) is 2.73. The maximum absolute atomic E-state index is 12.7. The fourth-order valence-electron chi connectivity index (χ4n) is 1.71. The highest BCUT2D eigenvalue weighted by atomic mass is 32.2. The lowest BCUT2D eigenvalue weighted by Gasteiger charge is -2.13. The molecule has 1 aliphatic rings. The largest absolute Gasteiger partial charge is 0.336 e. The van der Waals surface area contributed by atoms with Crippen molar-refractivity contribution in [3.05, 3.63) is 30.1 Å². The van der Waals surface area contributed by atoms with Crippen molar-refractivity contribution < 1.29 is 17.6 Å². The lowest BCUT2D eigenvalue weighted by atomic mass is 10.4. The molecule has 0 radical (unpaired) electrons. The Morgan fingerprint density at radius 1 is 1.28 bits per heavy atom. The van der Waals surface area contributed by atoms with E-state index in [0.717, 1.165) is 12.1 Å². The Labute approximate surface area is 105 Å². The molecule has 0 aliphatic carbocycles. The number of rotatable bonds is 4. The summed E-state index contributed by atoms with van der Waals surface area (Å²) in [5.41, 5.74) is 0. The summed E-state index contributed by atoms with van der Waals surface area (Å²) < 4.78 is 36.6. The van der Waals surface area contributed by atoms with Gasteiger partial charge in [-0.3, -0.25) is 0 Å². The molecule has 0 aromatic heterocycles. The first-order valence-electron chi connectivity index (χ1n) is 5.50. The molecule has 0 unspecified atom stereocenters. The Morgan fingerprint density at radius 3 is 2.50 bits per heavy atom. The Bertz CT molecular complexity index is 542. The number of amides is 2. The van der Waals surface area contributed by atoms with Crippen LogP contribution in [0.25, 0.3) is 0 Å². The van der Waals surface area contributed by atoms with Crippen LogP contribution in [0.5, 0.6) is 0 Å². The van der Waals surface area contributed by atoms with Gasteiger partial charge in [-0.2, -0.15) is 0 Å². The molecule has 1 fully saturated rings. The van der Waals surface area contributed by atoms with E-state index in [1.54, 1.807) is 0 Å². The number of urea groups is 1. The highest BCUT2D eigenvalue weighted by Crippen LogP contribution is 2.12. The quantitative estimate of drug-likeness (QED) is 0.817. The number of nitrogens with one attached hydrogen (secondary N) is 1. The van der Waals surface area contributed by atoms with Gasteiger partial charge in [-0.25, -0.2) is 17.6 Å². The summed E-state index contributed by atoms with van der Waals surface area (Å²) in [4.78, 5) is 12.8. The van der Waals surface area contributed by atoms with Crippen molar-refractivity contribution in [1.82, 2.24) is 10.2 Å². The second-order valence-corrected chi connectivity index (χ2v) is 6.10. The third kappa shape index (κ3) is 2.79. The minimum absolute atomic E-state index is 0.0727. The normalized spacial score (nSPS) is 15.8. The number of halogens is 1. The van der Waals surface area contributed by atoms with Crippen LogP contribution in [0.3, 0.4) is 0 Å². The molecule has 1 aliphatic heterocycles. The molecule has 7 heteroatoms. The molecular weight excluding hydrogens is 259 g/mol. The van der Waals surface area contributed by atoms with Crippen LogP contribution in [0.15, 0.2) is 29.2 Å². The number of carbonyl (C=O) groups is 1. The summed E-state index contributed by atoms with van der Waals surface area (Å²) in [7, 11) is -3.48. The number of hydrogen-bond acceptors (Lipinski definition) is 3. The second-order valence-electron chi connectivity index (χ2n) is 3.99. The van der Waals surface area contributed by atoms with E-state index in [2.05, 4.69) is 5.32 Å². The fraction of sp³-hybridized carbons (Fsp3) is 0.364. The minimum Gasteiger partial charge on any atom is -0.336 e. The first-order chi connectivity index (χ1) is 8.49. The van der Waals surface area contributed by atoms with Crippen LogP contribution in [0.4, 0.5) is 9.18 Å². The van der Waals surface area contributed by atoms with Gasteiger partial charge in [0.05, 0.1) is 10.6 Å². The number of hydrogen-bond donors (Lipinski definition) is 1. The van der Waals surface area contributed by atoms with Crippen molar-refractivity contribution in [2.45, 2.75) is 4.90 Å². The Morgan fingerprint density at radius 2 is 1.94 bits per heavy atom. The van der Waals surface area contributed by atoms with E-state index >= 15 is 0 Å². The minimum atomic E-state index is -3.48. The molecule has 1 aromatic carbocycles. The SMILES string of the molecule is O=C1NCCN1CCS(=O)(=O)c1ccc(F)cc1. The lowest BCUT2D eigenvalue weighted by Crippen LogP contribution is -2.32. The predicted octanol–water partition coefficient (Wildman–Crippen LogP) is 0.625. The average molecular weight is 272 g/mol. The Balaban J connectivity index is 2.03. The third-order valence-corrected chi connectivity index (χ3v) is 4.46. The van der Waals surface area contributed by atoms with Crippen LogP contribution >= 0.6 is 0 Å². The van der Waals surface area contributed by atoms with Crippen LogP contribution in [-0.2, 0) is 9.84 Å². The molecule has 2 amide bonds. The lowest BCUT2D eigenvalue weighted by molar-refractivity contribution is 0.220. The molecule has 1 aromatic rings. The summed E-state index contributed by atoms with van der Waals surface area (Å²) in [6, 6.07) is 4.43. The van der Waals surface area contributed by atoms with Gasteiger partial charge in [0.2, 0.25) is 0 Å². The van der Waals surface area contributed by atoms with Gasteiger partial charge < -0.3 is 10.2 Å². The summed E-state index contributed by atoms with van der Waals surface area (Å²) >= 11 is 0. The molecule has 1 N–H and O–H groups in total. The van der Waals surface area contributed by atoms with Crippen LogP contribution in [0, 0.1) is 5.82 Å². The number of benzene rings is 1. The van der Waals surface area contributed by atoms with Gasteiger partial charge in [0.1, 0.15) is 5.82 Å². The second kappa shape index (κ2) is 4.93. The standard InChI is InChI=1S/C11H13FN2O3S/c12-9-1-3-10(4-2-9)18(16,17)8-7-14-6-5-13-11(14)15/h1-4H,5-8H2,(H,13,15). The van der Waals surface area contributed by atoms with E-state index < -0.39 is 15.7 Å². The highest BCUT2D eigenvalue weighted by molar-refractivity contribution is 7.91. The van der Waals surface area contributed by atoms with E-state index in [1.807, 2.05) is 0 Å². The van der Waals surface area contributed by atoms with E-state index in [4.69, 9.17) is 0 Å². The fourth-order valence-corrected chi connectivity index (χ4v) is 2.96. The Hall–Kier alpha value is -1.63. The topological polar surface area (TPSA) is 66.5 Å². The molecule has 0 spiro atoms. The molecule has 0 saturated carbocycles. The zero-order valence-electron chi connectivity index (χ0n) is 9.60. The molecule has 2 rings (SSSR count). The van der Waals surface area contributed by atoms with Crippen molar-refractivity contribution >= 4 is 15.9 Å². The van der Waals surface area contributed by atoms with E-state index in [-0.39, 0.29) is 23.2 Å². The Kier molecular flexibility index (Phi) is 3.51. The zero-order chi connectivity index (χ0) is 13.2. The van der Waals surface area contributed by atoms with Crippen LogP contribution < -0.4 is 5.32 Å². The van der Waals surface area contributed by atoms with Gasteiger partial charge in [-0.15, -0.1) is 0 Å². The van der Waals surface area contributed by atoms with E-state index in [1.165, 1.54) is 17.0 Å². The van der Waals surface area contributed by atoms with Gasteiger partial charge >= 0.3 is 6.03 Å². The van der Waals surface area contributed by atoms with Crippen molar-refractivity contribution in [2.24, 2.45) is 0 Å². The van der Waals surface area contributed by atoms with Crippen LogP contribution in [0.2, 0.25) is 0 Å². The number of sulfone groups is 1. The third-order valence-electron chi connectivity index (χ3n) is 2.75. The molecule has 0 atom stereocenters. The van der Waals surface area contributed by atoms with Crippen LogP contribution in [0.1, 0.15) is 0 Å². The molecule has 0 bridgehead atoms. The predicted molar refractivity (Wildman–Crippen MR) is 63.4 cm³/mol. The first kappa shape index (κ1) is 12.8. The summed E-state index contributed by atoms with van der Waals surface area (Å²) in [5, 5.41) is 2.60. The molecule has 98 valence electrons. The van der Waals surface area contributed by atoms with Gasteiger partial charge in [0.15, 0.2) is 9.84 Å². The zero-order valence-corrected chi connectivity index (χ0v) is 10.4. The number of carbonyl (C=O) groups excluding carboxylic acids is 1. The maximum Gasteiger partial charge on any atom is 0.317 e. The summed E-state index contributed by atoms with van der Waals surface area (Å²) in [6.07, 6.45) is 0. The van der Waals surface area contributed by atoms with E-state index in [9.17, 15) is 17.6 Å². The molecular formula is C11H13FN2O3S. The van der Waals surface area contributed by atoms with Crippen molar-refractivity contribution in [3.63, 3.8) is 0 Å². The summed E-state index contributed by atoms with van der Waals surface area (Å²) in [5.74, 6) is -0.639. The van der Waals surface area contributed by atoms with Gasteiger partial charge in [0.25, 0.3) is 0 Å². The smallest absolute Gasteiger partial charge is 0.317 e. The number of nitrogens with zero attached hydrogens (tertiary/aromatic N) is 1. The molecule has 5 nitrogen and oxygen atoms in total. The maximum atomic E-state index is 12.7. The van der Waals surface area contributed by atoms with Crippen molar-refractivity contribution in [3.8, 4) is 0 Å². The van der Waals surface area contributed by atoms with Crippen molar-refractivity contribution in [2.75, 3.05) is 25.4 Å². The first-order valence-corrected chi connectivity index (χ1v) is 7.15.